The van der Waals surface area contributed by atoms with Gasteiger partial charge in [0, 0.05) is 6.10 Å². The van der Waals surface area contributed by atoms with Gasteiger partial charge in [-0.05, 0) is 55.1 Å². The Labute approximate surface area is 124 Å². The Morgan fingerprint density at radius 1 is 1.35 bits per heavy atom. The molecule has 20 heavy (non-hydrogen) atoms. The van der Waals surface area contributed by atoms with Crippen molar-refractivity contribution in [2.45, 2.75) is 77.6 Å². The van der Waals surface area contributed by atoms with Crippen LogP contribution in [0.5, 0.6) is 0 Å². The van der Waals surface area contributed by atoms with Gasteiger partial charge in [0.05, 0.1) is 5.92 Å². The van der Waals surface area contributed by atoms with Crippen LogP contribution in [0, 0.1) is 17.3 Å². The van der Waals surface area contributed by atoms with Gasteiger partial charge < -0.3 is 9.53 Å². The van der Waals surface area contributed by atoms with Crippen molar-refractivity contribution in [2.75, 3.05) is 0 Å². The van der Waals surface area contributed by atoms with E-state index in [1.807, 2.05) is 0 Å². The minimum Gasteiger partial charge on any atom is -0.481 e. The topological polar surface area (TPSA) is 46.5 Å². The van der Waals surface area contributed by atoms with Crippen LogP contribution >= 0.6 is 0 Å². The molecule has 4 heteroatoms. The first-order valence-corrected chi connectivity index (χ1v) is 10.9. The molecule has 3 nitrogen and oxygen atoms in total. The van der Waals surface area contributed by atoms with Crippen molar-refractivity contribution >= 4 is 14.3 Å². The van der Waals surface area contributed by atoms with Crippen LogP contribution in [0.15, 0.2) is 0 Å². The fourth-order valence-corrected chi connectivity index (χ4v) is 5.33. The summed E-state index contributed by atoms with van der Waals surface area (Å²) in [4.78, 5) is 11.4. The van der Waals surface area contributed by atoms with Crippen LogP contribution in [0.25, 0.3) is 0 Å². The van der Waals surface area contributed by atoms with Crippen molar-refractivity contribution in [2.24, 2.45) is 17.3 Å². The highest BCUT2D eigenvalue weighted by molar-refractivity contribution is 6.74. The number of hydrogen-bond donors (Lipinski definition) is 1. The number of carboxylic acid groups (broad SMARTS) is 1. The number of carbonyl (C=O) groups is 1. The monoisotopic (exact) mass is 298 g/mol. The fraction of sp³-hybridized carbons (Fsp3) is 0.938. The van der Waals surface area contributed by atoms with E-state index in [-0.39, 0.29) is 22.5 Å². The van der Waals surface area contributed by atoms with Crippen molar-refractivity contribution < 1.29 is 14.3 Å². The maximum absolute atomic E-state index is 11.4. The molecule has 4 atom stereocenters. The van der Waals surface area contributed by atoms with Crippen molar-refractivity contribution in [3.8, 4) is 0 Å². The summed E-state index contributed by atoms with van der Waals surface area (Å²) < 4.78 is 6.54. The Hall–Kier alpha value is -0.353. The van der Waals surface area contributed by atoms with Gasteiger partial charge in [-0.2, -0.15) is 0 Å². The lowest BCUT2D eigenvalue weighted by Gasteiger charge is -2.41. The molecule has 0 radical (unpaired) electrons. The molecule has 0 heterocycles. The molecule has 2 aliphatic carbocycles. The quantitative estimate of drug-likeness (QED) is 0.788. The van der Waals surface area contributed by atoms with Crippen LogP contribution in [0.3, 0.4) is 0 Å². The Morgan fingerprint density at radius 2 is 1.95 bits per heavy atom. The summed E-state index contributed by atoms with van der Waals surface area (Å²) in [6, 6.07) is 0. The predicted molar refractivity (Wildman–Crippen MR) is 83.3 cm³/mol. The Balaban J connectivity index is 2.06. The maximum Gasteiger partial charge on any atom is 0.307 e. The molecular formula is C16H30O3Si. The standard InChI is InChI=1S/C16H30O3Si/c1-7-16-10-11(19-20(5,6)15(2,3)4)8-9-12(16)13(16)14(17)18/h11-13H,7-10H2,1-6H3,(H,17,18). The minimum absolute atomic E-state index is 0.0388. The third-order valence-electron chi connectivity index (χ3n) is 6.25. The summed E-state index contributed by atoms with van der Waals surface area (Å²) in [7, 11) is -1.75. The molecule has 2 rings (SSSR count). The lowest BCUT2D eigenvalue weighted by Crippen LogP contribution is -2.45. The zero-order chi connectivity index (χ0) is 15.3. The van der Waals surface area contributed by atoms with Crippen LogP contribution in [-0.4, -0.2) is 25.5 Å². The molecule has 116 valence electrons. The van der Waals surface area contributed by atoms with Gasteiger partial charge in [-0.15, -0.1) is 0 Å². The molecule has 2 saturated carbocycles. The fourth-order valence-electron chi connectivity index (χ4n) is 3.94. The lowest BCUT2D eigenvalue weighted by molar-refractivity contribution is -0.139. The molecule has 0 aliphatic heterocycles. The molecule has 2 fully saturated rings. The Kier molecular flexibility index (Phi) is 3.88. The molecule has 0 aromatic heterocycles. The van der Waals surface area contributed by atoms with Crippen molar-refractivity contribution in [3.05, 3.63) is 0 Å². The SMILES string of the molecule is CCC12CC(O[Si](C)(C)C(C)(C)C)CCC1C2C(=O)O. The molecule has 2 aliphatic rings. The number of rotatable bonds is 4. The molecule has 1 N–H and O–H groups in total. The second-order valence-corrected chi connectivity index (χ2v) is 13.0. The normalized spacial score (nSPS) is 37.4. The lowest BCUT2D eigenvalue weighted by atomic mass is 9.84. The van der Waals surface area contributed by atoms with Crippen LogP contribution in [0.2, 0.25) is 18.1 Å². The van der Waals surface area contributed by atoms with E-state index in [0.717, 1.165) is 25.7 Å². The van der Waals surface area contributed by atoms with Gasteiger partial charge in [0.1, 0.15) is 0 Å². The van der Waals surface area contributed by atoms with Crippen molar-refractivity contribution in [3.63, 3.8) is 0 Å². The smallest absolute Gasteiger partial charge is 0.307 e. The molecular weight excluding hydrogens is 268 g/mol. The maximum atomic E-state index is 11.4. The molecule has 0 saturated heterocycles. The summed E-state index contributed by atoms with van der Waals surface area (Å²) in [6.07, 6.45) is 4.28. The highest BCUT2D eigenvalue weighted by atomic mass is 28.4. The summed E-state index contributed by atoms with van der Waals surface area (Å²) in [6.45, 7) is 13.5. The minimum atomic E-state index is -1.75. The second-order valence-electron chi connectivity index (χ2n) is 8.29. The zero-order valence-corrected chi connectivity index (χ0v) is 14.8. The first-order chi connectivity index (χ1) is 9.05. The highest BCUT2D eigenvalue weighted by Gasteiger charge is 2.68. The van der Waals surface area contributed by atoms with Gasteiger partial charge >= 0.3 is 5.97 Å². The van der Waals surface area contributed by atoms with E-state index < -0.39 is 14.3 Å². The van der Waals surface area contributed by atoms with E-state index in [4.69, 9.17) is 4.43 Å². The van der Waals surface area contributed by atoms with E-state index in [1.54, 1.807) is 0 Å². The van der Waals surface area contributed by atoms with Gasteiger partial charge in [0.15, 0.2) is 8.32 Å². The van der Waals surface area contributed by atoms with Crippen molar-refractivity contribution in [1.82, 2.24) is 0 Å². The molecule has 4 unspecified atom stereocenters. The number of carboxylic acids is 1. The number of aliphatic carboxylic acids is 1. The van der Waals surface area contributed by atoms with Gasteiger partial charge in [-0.1, -0.05) is 27.7 Å². The molecule has 0 amide bonds. The summed E-state index contributed by atoms with van der Waals surface area (Å²) in [5.74, 6) is -0.297. The van der Waals surface area contributed by atoms with E-state index in [0.29, 0.717) is 5.92 Å². The zero-order valence-electron chi connectivity index (χ0n) is 13.8. The molecule has 0 spiro atoms. The Morgan fingerprint density at radius 3 is 2.40 bits per heavy atom. The summed E-state index contributed by atoms with van der Waals surface area (Å²) >= 11 is 0. The van der Waals surface area contributed by atoms with Crippen LogP contribution in [-0.2, 0) is 9.22 Å². The second kappa shape index (κ2) is 4.84. The summed E-state index contributed by atoms with van der Waals surface area (Å²) in [5, 5.41) is 9.62. The van der Waals surface area contributed by atoms with Crippen molar-refractivity contribution in [1.29, 1.82) is 0 Å². The van der Waals surface area contributed by atoms with Crippen LogP contribution in [0.1, 0.15) is 53.4 Å². The number of fused-ring (bicyclic) bond motifs is 1. The van der Waals surface area contributed by atoms with Gasteiger partial charge in [0.25, 0.3) is 0 Å². The average Bonchev–Trinajstić information content (AvgIpc) is 2.95. The van der Waals surface area contributed by atoms with Gasteiger partial charge in [0.2, 0.25) is 0 Å². The Bertz CT molecular complexity index is 399. The van der Waals surface area contributed by atoms with Crippen LogP contribution in [0.4, 0.5) is 0 Å². The first kappa shape index (κ1) is 16.0. The van der Waals surface area contributed by atoms with E-state index in [9.17, 15) is 9.90 Å². The summed E-state index contributed by atoms with van der Waals surface area (Å²) in [5.41, 5.74) is 0.0388. The predicted octanol–water partition coefficient (Wildman–Crippen LogP) is 4.29. The van der Waals surface area contributed by atoms with E-state index in [2.05, 4.69) is 40.8 Å². The average molecular weight is 298 g/mol. The van der Waals surface area contributed by atoms with Crippen LogP contribution < -0.4 is 0 Å². The number of hydrogen-bond acceptors (Lipinski definition) is 2. The third kappa shape index (κ3) is 2.45. The van der Waals surface area contributed by atoms with Gasteiger partial charge in [-0.25, -0.2) is 0 Å². The van der Waals surface area contributed by atoms with E-state index >= 15 is 0 Å². The van der Waals surface area contributed by atoms with E-state index in [1.165, 1.54) is 0 Å². The molecule has 0 bridgehead atoms. The van der Waals surface area contributed by atoms with Gasteiger partial charge in [-0.3, -0.25) is 4.79 Å². The highest BCUT2D eigenvalue weighted by Crippen LogP contribution is 2.68. The first-order valence-electron chi connectivity index (χ1n) is 7.96. The largest absolute Gasteiger partial charge is 0.481 e. The molecule has 0 aromatic rings. The third-order valence-corrected chi connectivity index (χ3v) is 10.8. The molecule has 0 aromatic carbocycles.